The number of aliphatic hydroxyl groups is 5. The average Bonchev–Trinajstić information content (AvgIpc) is 1.68. The van der Waals surface area contributed by atoms with E-state index in [0.29, 0.717) is 37.7 Å². The molecule has 93 heavy (non-hydrogen) atoms. The number of alkyl carbamates (subject to hydrolysis) is 1. The Morgan fingerprint density at radius 3 is 1.99 bits per heavy atom. The highest BCUT2D eigenvalue weighted by Crippen LogP contribution is 2.61. The number of carbonyl (C=O) groups excluding carboxylic acids is 4. The third kappa shape index (κ3) is 14.3. The molecule has 8 N–H and O–H groups in total. The fourth-order valence-corrected chi connectivity index (χ4v) is 17.4. The average molecular weight is 1320 g/mol. The van der Waals surface area contributed by atoms with Crippen LogP contribution in [0.25, 0.3) is 0 Å². The quantitative estimate of drug-likeness (QED) is 0.0383. The van der Waals surface area contributed by atoms with Crippen LogP contribution in [0, 0.1) is 52.0 Å². The number of ketones is 1. The second-order valence-electron chi connectivity index (χ2n) is 28.9. The maximum Gasteiger partial charge on any atom is 0.407 e. The summed E-state index contributed by atoms with van der Waals surface area (Å²) >= 11 is 0. The number of fused-ring (bicyclic) bond motifs is 4. The van der Waals surface area contributed by atoms with Crippen molar-refractivity contribution in [2.24, 2.45) is 46.8 Å². The largest absolute Gasteiger partial charge is 0.600 e. The Morgan fingerprint density at radius 2 is 1.33 bits per heavy atom. The summed E-state index contributed by atoms with van der Waals surface area (Å²) in [6.07, 6.45) is -4.54. The van der Waals surface area contributed by atoms with E-state index in [0.717, 1.165) is 5.57 Å². The van der Waals surface area contributed by atoms with Crippen LogP contribution in [-0.4, -0.2) is 202 Å². The molecule has 10 aliphatic rings. The standard InChI is InChI=1S/C67H102N2O24/c1-30-14-18-47(88-54-28-65(11,69(79)80)60(38(9)86-54)68-64(78)81-13)31(2)23-43-45(73)24-40(29-70)27-67(43)62(76)55(63(77)93-67)61(75)66(12)42(30)16-15-41-56(66)32(3)22-33(4)57(41)92-53-26-49(59(37(8)85-53)87-39(10)71)90-50-21-19-48(35(6)83-50)89-52-25-46(74)58(36(7)84-52)91-51-20-17-44(72)34(5)82-51/h14-16,23,32-38,40-54,56-60,69-70,72-75,79H,17-22,24-29H2,1-13H3,(H,68,78)/b30-14+,31-23-,61-55?/t32-,33-,34-,35-,36-,37-,38+,40+,41-,42-,43?,44+,45-,46+,47-,48+,49+,50-,51-,52+,53-,54-,56+,57-,58-,59-,60-,65-,66+,67-/m0/s1. The van der Waals surface area contributed by atoms with Gasteiger partial charge in [0.05, 0.1) is 86.6 Å². The normalized spacial score (nSPS) is 48.7. The monoisotopic (exact) mass is 1320 g/mol. The van der Waals surface area contributed by atoms with Crippen molar-refractivity contribution >= 4 is 23.8 Å². The van der Waals surface area contributed by atoms with Crippen molar-refractivity contribution in [1.29, 1.82) is 0 Å². The molecule has 524 valence electrons. The molecule has 2 unspecified atom stereocenters. The van der Waals surface area contributed by atoms with Crippen LogP contribution in [0.3, 0.4) is 0 Å². The lowest BCUT2D eigenvalue weighted by Gasteiger charge is -2.56. The first-order chi connectivity index (χ1) is 43.9. The molecule has 6 saturated heterocycles. The second kappa shape index (κ2) is 28.8. The van der Waals surface area contributed by atoms with Gasteiger partial charge in [-0.15, -0.1) is 0 Å². The third-order valence-corrected chi connectivity index (χ3v) is 22.3. The van der Waals surface area contributed by atoms with Gasteiger partial charge in [0.1, 0.15) is 29.6 Å². The minimum Gasteiger partial charge on any atom is -0.600 e. The lowest BCUT2D eigenvalue weighted by atomic mass is 9.49. The Hall–Kier alpha value is -4.04. The van der Waals surface area contributed by atoms with Crippen molar-refractivity contribution < 1.29 is 117 Å². The number of nitrogens with one attached hydrogen (secondary N) is 2. The Bertz CT molecular complexity index is 2800. The van der Waals surface area contributed by atoms with E-state index in [-0.39, 0.29) is 50.4 Å². The Kier molecular flexibility index (Phi) is 22.2. The van der Waals surface area contributed by atoms with Crippen molar-refractivity contribution in [1.82, 2.24) is 5.32 Å². The summed E-state index contributed by atoms with van der Waals surface area (Å²) < 4.78 is 81.9. The first-order valence-corrected chi connectivity index (χ1v) is 33.6. The molecule has 1 amide bonds. The number of hydroxylamine groups is 2. The van der Waals surface area contributed by atoms with E-state index in [1.165, 1.54) is 21.0 Å². The van der Waals surface area contributed by atoms with Gasteiger partial charge in [0.2, 0.25) is 5.78 Å². The summed E-state index contributed by atoms with van der Waals surface area (Å²) in [4.78, 5) is 55.6. The first kappa shape index (κ1) is 71.7. The van der Waals surface area contributed by atoms with Gasteiger partial charge in [-0.2, -0.15) is 0 Å². The minimum absolute atomic E-state index is 0.0601. The van der Waals surface area contributed by atoms with Gasteiger partial charge >= 0.3 is 18.0 Å². The summed E-state index contributed by atoms with van der Waals surface area (Å²) in [6, 6.07) is -1.01. The lowest BCUT2D eigenvalue weighted by molar-refractivity contribution is -1.09. The van der Waals surface area contributed by atoms with E-state index in [1.54, 1.807) is 33.8 Å². The molecule has 1 spiro atoms. The molecule has 0 aromatic rings. The summed E-state index contributed by atoms with van der Waals surface area (Å²) in [5.74, 6) is -6.60. The van der Waals surface area contributed by atoms with Gasteiger partial charge in [-0.25, -0.2) is 20.0 Å². The van der Waals surface area contributed by atoms with Crippen LogP contribution >= 0.6 is 0 Å². The van der Waals surface area contributed by atoms with Crippen molar-refractivity contribution in [3.63, 3.8) is 0 Å². The molecule has 4 aliphatic carbocycles. The van der Waals surface area contributed by atoms with Crippen LogP contribution in [0.15, 0.2) is 46.8 Å². The number of methoxy groups -OCH3 is 1. The maximum absolute atomic E-state index is 15.6. The van der Waals surface area contributed by atoms with Crippen molar-refractivity contribution in [3.05, 3.63) is 52.0 Å². The van der Waals surface area contributed by atoms with E-state index in [9.17, 15) is 50.3 Å². The van der Waals surface area contributed by atoms with Crippen LogP contribution < -0.4 is 10.5 Å². The Labute approximate surface area is 544 Å². The zero-order valence-electron chi connectivity index (χ0n) is 55.9. The van der Waals surface area contributed by atoms with Crippen molar-refractivity contribution in [2.75, 3.05) is 13.7 Å². The lowest BCUT2D eigenvalue weighted by Crippen LogP contribution is -3.17. The molecule has 6 heterocycles. The molecule has 0 aromatic heterocycles. The number of ether oxygens (including phenoxy) is 13. The minimum atomic E-state index is -2.05. The molecule has 26 heteroatoms. The van der Waals surface area contributed by atoms with E-state index in [4.69, 9.17) is 61.6 Å². The maximum atomic E-state index is 15.6. The second-order valence-corrected chi connectivity index (χ2v) is 28.9. The first-order valence-electron chi connectivity index (χ1n) is 33.6. The highest BCUT2D eigenvalue weighted by Gasteiger charge is 2.66. The molecule has 31 atom stereocenters. The third-order valence-electron chi connectivity index (χ3n) is 22.3. The SMILES string of the molecule is COC(=O)N[C@H]1[C@@H](C)O[C@@H](O[C@H]2C/C=C(\C)[C@@H]3C=C[C@@H]4[C@@H](O[C@H]5C[C@@H](O[C@H]6CC[C@@H](O[C@@H]7C[C@@H](O)[C@@H](O[C@H]8CC[C@@H](O)[C@H](C)O8)[C@H](C)O7)[C@H](C)O6)[C@@H](OC(C)=O)[C@H](C)O5)[C@@H](C)C[C@H](C)[C@H]4[C@]3(C)C(O)=C3C(=O)O[C@]4(C[C@H](CO)C[C@H](O)C4/C=C\2C)C3=O)C[C@]1(C)[NH+]([O-])O. The zero-order chi connectivity index (χ0) is 67.5. The van der Waals surface area contributed by atoms with E-state index in [1.807, 2.05) is 39.8 Å². The molecular weight excluding hydrogens is 1220 g/mol. The van der Waals surface area contributed by atoms with Crippen LogP contribution in [0.1, 0.15) is 154 Å². The number of amides is 1. The topological polar surface area (TPSA) is 349 Å². The molecular formula is C67H102N2O24. The summed E-state index contributed by atoms with van der Waals surface area (Å²) in [5, 5.41) is 82.5. The predicted molar refractivity (Wildman–Crippen MR) is 325 cm³/mol. The van der Waals surface area contributed by atoms with Gasteiger partial charge in [0.25, 0.3) is 0 Å². The number of carbonyl (C=O) groups is 4. The number of esters is 2. The van der Waals surface area contributed by atoms with Crippen molar-refractivity contribution in [3.8, 4) is 0 Å². The van der Waals surface area contributed by atoms with Crippen LogP contribution in [0.4, 0.5) is 4.79 Å². The highest BCUT2D eigenvalue weighted by atomic mass is 16.8. The molecule has 2 saturated carbocycles. The van der Waals surface area contributed by atoms with Crippen LogP contribution in [-0.2, 0) is 76.0 Å². The summed E-state index contributed by atoms with van der Waals surface area (Å²) in [7, 11) is 1.18. The molecule has 0 aromatic carbocycles. The van der Waals surface area contributed by atoms with Gasteiger partial charge in [-0.1, -0.05) is 50.6 Å². The van der Waals surface area contributed by atoms with E-state index >= 15 is 4.79 Å². The number of aliphatic hydroxyl groups excluding tert-OH is 5. The molecule has 8 fully saturated rings. The van der Waals surface area contributed by atoms with Gasteiger partial charge < -0.3 is 97.6 Å². The number of rotatable bonds is 14. The number of allylic oxidation sites excluding steroid dienone is 3. The Balaban J connectivity index is 0.902. The zero-order valence-corrected chi connectivity index (χ0v) is 55.9. The smallest absolute Gasteiger partial charge is 0.407 e. The van der Waals surface area contributed by atoms with Crippen molar-refractivity contribution in [2.45, 2.75) is 288 Å². The van der Waals surface area contributed by atoms with E-state index < -0.39 is 216 Å². The van der Waals surface area contributed by atoms with Gasteiger partial charge in [-0.3, -0.25) is 9.59 Å². The number of hydrogen-bond acceptors (Lipinski definition) is 24. The number of quaternary nitrogens is 1. The van der Waals surface area contributed by atoms with Gasteiger partial charge in [0, 0.05) is 62.9 Å². The highest BCUT2D eigenvalue weighted by molar-refractivity contribution is 6.26. The molecule has 26 nitrogen and oxygen atoms in total. The molecule has 0 radical (unpaired) electrons. The van der Waals surface area contributed by atoms with E-state index in [2.05, 4.69) is 25.2 Å². The summed E-state index contributed by atoms with van der Waals surface area (Å²) in [6.45, 7) is 21.0. The van der Waals surface area contributed by atoms with Gasteiger partial charge in [-0.05, 0) is 117 Å². The number of hydrogen-bond donors (Lipinski definition) is 8. The van der Waals surface area contributed by atoms with Gasteiger partial charge in [0.15, 0.2) is 48.7 Å². The number of Topliss-reactive ketones (excluding diaryl/α,β-unsaturated/α-hetero) is 1. The molecule has 2 bridgehead atoms. The predicted octanol–water partition coefficient (Wildman–Crippen LogP) is 4.73. The molecule has 10 rings (SSSR count). The summed E-state index contributed by atoms with van der Waals surface area (Å²) in [5.41, 5.74) is -4.32. The van der Waals surface area contributed by atoms with Crippen LogP contribution in [0.5, 0.6) is 0 Å². The Morgan fingerprint density at radius 1 is 0.699 bits per heavy atom. The molecule has 6 aliphatic heterocycles. The fourth-order valence-electron chi connectivity index (χ4n) is 17.4. The fraction of sp³-hybridized carbons (Fsp3) is 0.821. The van der Waals surface area contributed by atoms with Crippen LogP contribution in [0.2, 0.25) is 0 Å².